The molecule has 1 aromatic carbocycles. The van der Waals surface area contributed by atoms with Gasteiger partial charge < -0.3 is 14.5 Å². The number of ether oxygens (including phenoxy) is 1. The Morgan fingerprint density at radius 1 is 1.30 bits per heavy atom. The van der Waals surface area contributed by atoms with Crippen LogP contribution in [0, 0.1) is 0 Å². The van der Waals surface area contributed by atoms with Crippen molar-refractivity contribution in [3.05, 3.63) is 34.9 Å². The van der Waals surface area contributed by atoms with Gasteiger partial charge in [-0.2, -0.15) is 0 Å². The summed E-state index contributed by atoms with van der Waals surface area (Å²) in [5.74, 6) is -0.431. The lowest BCUT2D eigenvalue weighted by atomic mass is 10.1. The molecule has 110 valence electrons. The van der Waals surface area contributed by atoms with E-state index in [4.69, 9.17) is 21.2 Å². The van der Waals surface area contributed by atoms with Crippen LogP contribution in [0.5, 0.6) is 0 Å². The van der Waals surface area contributed by atoms with E-state index >= 15 is 0 Å². The zero-order valence-corrected chi connectivity index (χ0v) is 12.7. The number of oxime groups is 1. The summed E-state index contributed by atoms with van der Waals surface area (Å²) in [6, 6.07) is 7.21. The van der Waals surface area contributed by atoms with Crippen molar-refractivity contribution in [1.29, 1.82) is 0 Å². The highest BCUT2D eigenvalue weighted by molar-refractivity contribution is 6.30. The molecule has 0 N–H and O–H groups in total. The lowest BCUT2D eigenvalue weighted by molar-refractivity contribution is -0.149. The van der Waals surface area contributed by atoms with Gasteiger partial charge in [0.1, 0.15) is 6.61 Å². The van der Waals surface area contributed by atoms with Gasteiger partial charge in [-0.25, -0.2) is 4.79 Å². The van der Waals surface area contributed by atoms with Gasteiger partial charge in [-0.05, 0) is 38.7 Å². The van der Waals surface area contributed by atoms with Gasteiger partial charge in [0.15, 0.2) is 0 Å². The number of carbonyl (C=O) groups is 1. The molecule has 0 spiro atoms. The molecule has 0 aliphatic carbocycles. The van der Waals surface area contributed by atoms with Crippen LogP contribution in [0.1, 0.15) is 12.5 Å². The van der Waals surface area contributed by atoms with E-state index in [0.29, 0.717) is 23.9 Å². The van der Waals surface area contributed by atoms with Crippen LogP contribution in [-0.4, -0.2) is 50.4 Å². The topological polar surface area (TPSA) is 51.1 Å². The zero-order chi connectivity index (χ0) is 15.0. The van der Waals surface area contributed by atoms with Crippen LogP contribution < -0.4 is 0 Å². The Labute approximate surface area is 124 Å². The molecule has 6 heteroatoms. The summed E-state index contributed by atoms with van der Waals surface area (Å²) >= 11 is 5.80. The first kappa shape index (κ1) is 16.5. The molecule has 0 amide bonds. The predicted octanol–water partition coefficient (Wildman–Crippen LogP) is 2.19. The molecule has 0 saturated carbocycles. The molecular weight excluding hydrogens is 280 g/mol. The van der Waals surface area contributed by atoms with Crippen LogP contribution in [0.4, 0.5) is 0 Å². The number of halogens is 1. The molecule has 0 heterocycles. The van der Waals surface area contributed by atoms with Gasteiger partial charge >= 0.3 is 5.97 Å². The molecule has 0 unspecified atom stereocenters. The van der Waals surface area contributed by atoms with Gasteiger partial charge in [-0.15, -0.1) is 0 Å². The fraction of sp³-hybridized carbons (Fsp3) is 0.429. The van der Waals surface area contributed by atoms with E-state index in [2.05, 4.69) is 5.16 Å². The van der Waals surface area contributed by atoms with E-state index in [1.165, 1.54) is 0 Å². The van der Waals surface area contributed by atoms with E-state index in [-0.39, 0.29) is 6.61 Å². The normalized spacial score (nSPS) is 11.6. The Bertz CT molecular complexity index is 458. The molecule has 0 bridgehead atoms. The quantitative estimate of drug-likeness (QED) is 0.440. The monoisotopic (exact) mass is 298 g/mol. The Morgan fingerprint density at radius 2 is 1.95 bits per heavy atom. The van der Waals surface area contributed by atoms with Crippen LogP contribution >= 0.6 is 11.6 Å². The van der Waals surface area contributed by atoms with Gasteiger partial charge in [0.25, 0.3) is 0 Å². The second kappa shape index (κ2) is 8.55. The largest absolute Gasteiger partial charge is 0.462 e. The summed E-state index contributed by atoms with van der Waals surface area (Å²) in [5, 5.41) is 4.53. The molecule has 1 rings (SSSR count). The van der Waals surface area contributed by atoms with Gasteiger partial charge in [-0.1, -0.05) is 28.9 Å². The predicted molar refractivity (Wildman–Crippen MR) is 79.1 cm³/mol. The Kier molecular flexibility index (Phi) is 7.04. The average molecular weight is 299 g/mol. The van der Waals surface area contributed by atoms with Crippen molar-refractivity contribution in [3.63, 3.8) is 0 Å². The number of esters is 1. The van der Waals surface area contributed by atoms with E-state index in [1.54, 1.807) is 19.1 Å². The third-order valence-corrected chi connectivity index (χ3v) is 2.70. The summed E-state index contributed by atoms with van der Waals surface area (Å²) in [5.41, 5.74) is 1.55. The summed E-state index contributed by atoms with van der Waals surface area (Å²) < 4.78 is 4.96. The standard InChI is InChI=1S/C14H19ClN2O3/c1-11(12-4-6-13(15)7-5-12)16-20-10-14(18)19-9-8-17(2)3/h4-7H,8-10H2,1-3H3/b16-11+. The smallest absolute Gasteiger partial charge is 0.347 e. The SMILES string of the molecule is C/C(=N\OCC(=O)OCCN(C)C)c1ccc(Cl)cc1. The Balaban J connectivity index is 2.33. The van der Waals surface area contributed by atoms with E-state index in [0.717, 1.165) is 5.56 Å². The van der Waals surface area contributed by atoms with Crippen LogP contribution in [-0.2, 0) is 14.4 Å². The summed E-state index contributed by atoms with van der Waals surface area (Å²) in [6.07, 6.45) is 0. The number of hydrogen-bond acceptors (Lipinski definition) is 5. The first-order valence-corrected chi connectivity index (χ1v) is 6.59. The Morgan fingerprint density at radius 3 is 2.55 bits per heavy atom. The van der Waals surface area contributed by atoms with Crippen molar-refractivity contribution < 1.29 is 14.4 Å². The first-order chi connectivity index (χ1) is 9.49. The highest BCUT2D eigenvalue weighted by atomic mass is 35.5. The molecular formula is C14H19ClN2O3. The second-order valence-corrected chi connectivity index (χ2v) is 4.92. The fourth-order valence-electron chi connectivity index (χ4n) is 1.31. The van der Waals surface area contributed by atoms with Gasteiger partial charge in [0.2, 0.25) is 6.61 Å². The maximum Gasteiger partial charge on any atom is 0.347 e. The third-order valence-electron chi connectivity index (χ3n) is 2.45. The van der Waals surface area contributed by atoms with Gasteiger partial charge in [0, 0.05) is 11.6 Å². The number of hydrogen-bond donors (Lipinski definition) is 0. The van der Waals surface area contributed by atoms with Crippen LogP contribution in [0.2, 0.25) is 5.02 Å². The van der Waals surface area contributed by atoms with Crippen LogP contribution in [0.25, 0.3) is 0 Å². The lowest BCUT2D eigenvalue weighted by Crippen LogP contribution is -2.21. The number of likely N-dealkylation sites (N-methyl/N-ethyl adjacent to an activating group) is 1. The molecule has 1 aromatic rings. The highest BCUT2D eigenvalue weighted by Gasteiger charge is 2.04. The number of carbonyl (C=O) groups excluding carboxylic acids is 1. The number of rotatable bonds is 7. The van der Waals surface area contributed by atoms with Crippen molar-refractivity contribution in [3.8, 4) is 0 Å². The molecule has 0 saturated heterocycles. The average Bonchev–Trinajstić information content (AvgIpc) is 2.39. The van der Waals surface area contributed by atoms with E-state index in [9.17, 15) is 4.79 Å². The highest BCUT2D eigenvalue weighted by Crippen LogP contribution is 2.10. The second-order valence-electron chi connectivity index (χ2n) is 4.48. The van der Waals surface area contributed by atoms with E-state index < -0.39 is 5.97 Å². The van der Waals surface area contributed by atoms with Crippen molar-refractivity contribution in [1.82, 2.24) is 4.90 Å². The Hall–Kier alpha value is -1.59. The molecule has 0 aromatic heterocycles. The summed E-state index contributed by atoms with van der Waals surface area (Å²) in [6.45, 7) is 2.62. The first-order valence-electron chi connectivity index (χ1n) is 6.22. The minimum absolute atomic E-state index is 0.196. The van der Waals surface area contributed by atoms with E-state index in [1.807, 2.05) is 31.1 Å². The summed E-state index contributed by atoms with van der Waals surface area (Å²) in [7, 11) is 3.81. The molecule has 0 atom stereocenters. The molecule has 0 radical (unpaired) electrons. The zero-order valence-electron chi connectivity index (χ0n) is 11.9. The van der Waals surface area contributed by atoms with Gasteiger partial charge in [-0.3, -0.25) is 0 Å². The van der Waals surface area contributed by atoms with Gasteiger partial charge in [0.05, 0.1) is 5.71 Å². The van der Waals surface area contributed by atoms with Crippen molar-refractivity contribution in [2.75, 3.05) is 33.9 Å². The van der Waals surface area contributed by atoms with Crippen molar-refractivity contribution >= 4 is 23.3 Å². The fourth-order valence-corrected chi connectivity index (χ4v) is 1.44. The number of benzene rings is 1. The minimum Gasteiger partial charge on any atom is -0.462 e. The summed E-state index contributed by atoms with van der Waals surface area (Å²) in [4.78, 5) is 18.2. The van der Waals surface area contributed by atoms with Crippen molar-refractivity contribution in [2.45, 2.75) is 6.92 Å². The van der Waals surface area contributed by atoms with Crippen LogP contribution in [0.3, 0.4) is 0 Å². The maximum atomic E-state index is 11.3. The van der Waals surface area contributed by atoms with Crippen LogP contribution in [0.15, 0.2) is 29.4 Å². The number of nitrogens with zero attached hydrogens (tertiary/aromatic N) is 2. The molecule has 20 heavy (non-hydrogen) atoms. The lowest BCUT2D eigenvalue weighted by Gasteiger charge is -2.09. The van der Waals surface area contributed by atoms with Crippen molar-refractivity contribution in [2.24, 2.45) is 5.16 Å². The molecule has 0 aliphatic heterocycles. The minimum atomic E-state index is -0.431. The molecule has 5 nitrogen and oxygen atoms in total. The maximum absolute atomic E-state index is 11.3. The molecule has 0 aliphatic rings. The third kappa shape index (κ3) is 6.54. The molecule has 0 fully saturated rings.